The number of sulfone groups is 1. The van der Waals surface area contributed by atoms with Crippen LogP contribution >= 0.6 is 0 Å². The number of rotatable bonds is 6. The topological polar surface area (TPSA) is 93.6 Å². The number of aryl methyl sites for hydroxylation is 1. The molecule has 1 aromatic carbocycles. The zero-order valence-electron chi connectivity index (χ0n) is 18.7. The summed E-state index contributed by atoms with van der Waals surface area (Å²) in [6.07, 6.45) is 4.91. The van der Waals surface area contributed by atoms with Crippen LogP contribution in [0.1, 0.15) is 60.6 Å². The number of esters is 1. The van der Waals surface area contributed by atoms with Crippen molar-refractivity contribution in [2.75, 3.05) is 18.1 Å². The van der Waals surface area contributed by atoms with Crippen molar-refractivity contribution in [3.8, 4) is 0 Å². The Morgan fingerprint density at radius 2 is 1.84 bits per heavy atom. The molecule has 1 aromatic heterocycles. The fourth-order valence-electron chi connectivity index (χ4n) is 5.12. The van der Waals surface area contributed by atoms with Crippen molar-refractivity contribution in [1.29, 1.82) is 0 Å². The first-order chi connectivity index (χ1) is 15.3. The maximum absolute atomic E-state index is 13.2. The molecule has 172 valence electrons. The molecule has 7 nitrogen and oxygen atoms in total. The van der Waals surface area contributed by atoms with Gasteiger partial charge in [-0.05, 0) is 44.2 Å². The third kappa shape index (κ3) is 4.51. The van der Waals surface area contributed by atoms with Gasteiger partial charge >= 0.3 is 5.97 Å². The normalized spacial score (nSPS) is 20.5. The van der Waals surface area contributed by atoms with Crippen molar-refractivity contribution < 1.29 is 22.7 Å². The van der Waals surface area contributed by atoms with E-state index in [4.69, 9.17) is 4.74 Å². The Morgan fingerprint density at radius 3 is 2.50 bits per heavy atom. The monoisotopic (exact) mass is 458 g/mol. The van der Waals surface area contributed by atoms with Crippen LogP contribution in [0.15, 0.2) is 24.3 Å². The Kier molecular flexibility index (Phi) is 6.51. The molecule has 1 atom stereocenters. The Balaban J connectivity index is 1.55. The largest absolute Gasteiger partial charge is 0.452 e. The summed E-state index contributed by atoms with van der Waals surface area (Å²) in [4.78, 5) is 32.6. The average Bonchev–Trinajstić information content (AvgIpc) is 3.41. The fourth-order valence-corrected chi connectivity index (χ4v) is 6.83. The molecule has 2 heterocycles. The van der Waals surface area contributed by atoms with Crippen LogP contribution in [0.25, 0.3) is 10.9 Å². The predicted octanol–water partition coefficient (Wildman–Crippen LogP) is 3.22. The molecule has 1 saturated carbocycles. The van der Waals surface area contributed by atoms with Crippen molar-refractivity contribution in [3.05, 3.63) is 41.1 Å². The van der Waals surface area contributed by atoms with Crippen molar-refractivity contribution >= 4 is 32.6 Å². The number of carbonyl (C=O) groups excluding carboxylic acids is 2. The van der Waals surface area contributed by atoms with Gasteiger partial charge in [-0.25, -0.2) is 13.2 Å². The lowest BCUT2D eigenvalue weighted by molar-refractivity contribution is -0.139. The number of aromatic nitrogens is 1. The van der Waals surface area contributed by atoms with E-state index in [0.29, 0.717) is 23.8 Å². The van der Waals surface area contributed by atoms with Gasteiger partial charge in [-0.2, -0.15) is 0 Å². The van der Waals surface area contributed by atoms with Crippen LogP contribution in [-0.2, 0) is 25.8 Å². The van der Waals surface area contributed by atoms with Crippen LogP contribution in [0.5, 0.6) is 0 Å². The molecule has 4 rings (SSSR count). The molecule has 0 N–H and O–H groups in total. The van der Waals surface area contributed by atoms with Crippen LogP contribution in [0, 0.1) is 6.92 Å². The number of hydrogen-bond donors (Lipinski definition) is 0. The van der Waals surface area contributed by atoms with E-state index >= 15 is 0 Å². The van der Waals surface area contributed by atoms with Gasteiger partial charge in [0.25, 0.3) is 5.91 Å². The summed E-state index contributed by atoms with van der Waals surface area (Å²) in [6, 6.07) is 7.11. The molecule has 2 aliphatic rings. The average molecular weight is 459 g/mol. The zero-order valence-corrected chi connectivity index (χ0v) is 19.5. The first kappa shape index (κ1) is 22.7. The number of benzene rings is 1. The third-order valence-electron chi connectivity index (χ3n) is 6.71. The van der Waals surface area contributed by atoms with Crippen molar-refractivity contribution in [1.82, 2.24) is 9.88 Å². The molecule has 1 aliphatic heterocycles. The summed E-state index contributed by atoms with van der Waals surface area (Å²) in [6.45, 7) is 3.45. The predicted molar refractivity (Wildman–Crippen MR) is 122 cm³/mol. The van der Waals surface area contributed by atoms with Gasteiger partial charge in [0.1, 0.15) is 0 Å². The van der Waals surface area contributed by atoms with Crippen LogP contribution in [0.3, 0.4) is 0 Å². The highest BCUT2D eigenvalue weighted by Crippen LogP contribution is 2.30. The molecular weight excluding hydrogens is 428 g/mol. The highest BCUT2D eigenvalue weighted by molar-refractivity contribution is 7.91. The van der Waals surface area contributed by atoms with Crippen LogP contribution in [0.2, 0.25) is 0 Å². The minimum Gasteiger partial charge on any atom is -0.452 e. The van der Waals surface area contributed by atoms with Gasteiger partial charge in [-0.15, -0.1) is 0 Å². The van der Waals surface area contributed by atoms with E-state index in [-0.39, 0.29) is 36.1 Å². The number of pyridine rings is 1. The van der Waals surface area contributed by atoms with E-state index in [2.05, 4.69) is 4.98 Å². The first-order valence-corrected chi connectivity index (χ1v) is 13.2. The van der Waals surface area contributed by atoms with Gasteiger partial charge in [-0.3, -0.25) is 9.78 Å². The number of amides is 1. The first-order valence-electron chi connectivity index (χ1n) is 11.4. The lowest BCUT2D eigenvalue weighted by Crippen LogP contribution is -2.48. The second-order valence-corrected chi connectivity index (χ2v) is 11.0. The quantitative estimate of drug-likeness (QED) is 0.617. The molecule has 1 unspecified atom stereocenters. The van der Waals surface area contributed by atoms with Crippen LogP contribution < -0.4 is 0 Å². The van der Waals surface area contributed by atoms with Gasteiger partial charge < -0.3 is 9.64 Å². The highest BCUT2D eigenvalue weighted by atomic mass is 32.2. The summed E-state index contributed by atoms with van der Waals surface area (Å²) in [5.41, 5.74) is 2.75. The van der Waals surface area contributed by atoms with E-state index in [1.807, 2.05) is 38.1 Å². The van der Waals surface area contributed by atoms with Crippen molar-refractivity contribution in [2.24, 2.45) is 0 Å². The molecular formula is C24H30N2O5S. The van der Waals surface area contributed by atoms with Crippen LogP contribution in [-0.4, -0.2) is 60.4 Å². The molecule has 0 bridgehead atoms. The minimum absolute atomic E-state index is 0.00283. The standard InChI is InChI=1S/C24H30N2O5S/c1-3-20-16(2)23(19-10-6-7-11-21(19)25-20)24(28)31-14-22(27)26(17-8-4-5-9-17)18-12-13-32(29,30)15-18/h6-7,10-11,17-18H,3-5,8-9,12-15H2,1-2H3. The lowest BCUT2D eigenvalue weighted by Gasteiger charge is -2.33. The number of hydrogen-bond acceptors (Lipinski definition) is 6. The Morgan fingerprint density at radius 1 is 1.12 bits per heavy atom. The van der Waals surface area contributed by atoms with Crippen molar-refractivity contribution in [2.45, 2.75) is 64.5 Å². The Hall–Kier alpha value is -2.48. The number of para-hydroxylation sites is 1. The van der Waals surface area contributed by atoms with E-state index in [1.54, 1.807) is 4.90 Å². The Labute approximate surface area is 189 Å². The van der Waals surface area contributed by atoms with Gasteiger partial charge in [0.05, 0.1) is 22.6 Å². The fraction of sp³-hybridized carbons (Fsp3) is 0.542. The molecule has 8 heteroatoms. The molecule has 1 amide bonds. The minimum atomic E-state index is -3.12. The van der Waals surface area contributed by atoms with Crippen molar-refractivity contribution in [3.63, 3.8) is 0 Å². The van der Waals surface area contributed by atoms with Gasteiger partial charge in [0, 0.05) is 23.2 Å². The van der Waals surface area contributed by atoms with Gasteiger partial charge in [0.2, 0.25) is 0 Å². The van der Waals surface area contributed by atoms with E-state index in [0.717, 1.165) is 42.5 Å². The maximum atomic E-state index is 13.2. The molecule has 0 spiro atoms. The third-order valence-corrected chi connectivity index (χ3v) is 8.46. The number of fused-ring (bicyclic) bond motifs is 1. The molecule has 2 aromatic rings. The number of nitrogens with zero attached hydrogens (tertiary/aromatic N) is 2. The number of ether oxygens (including phenoxy) is 1. The highest BCUT2D eigenvalue weighted by Gasteiger charge is 2.39. The van der Waals surface area contributed by atoms with Gasteiger partial charge in [0.15, 0.2) is 16.4 Å². The molecule has 1 aliphatic carbocycles. The zero-order chi connectivity index (χ0) is 22.9. The second-order valence-electron chi connectivity index (χ2n) is 8.80. The smallest absolute Gasteiger partial charge is 0.339 e. The van der Waals surface area contributed by atoms with E-state index < -0.39 is 15.8 Å². The molecule has 0 radical (unpaired) electrons. The van der Waals surface area contributed by atoms with Gasteiger partial charge in [-0.1, -0.05) is 38.0 Å². The lowest BCUT2D eigenvalue weighted by atomic mass is 10.0. The summed E-state index contributed by atoms with van der Waals surface area (Å²) >= 11 is 0. The summed E-state index contributed by atoms with van der Waals surface area (Å²) in [5.74, 6) is -0.749. The summed E-state index contributed by atoms with van der Waals surface area (Å²) in [5, 5.41) is 0.703. The second kappa shape index (κ2) is 9.17. The van der Waals surface area contributed by atoms with E-state index in [1.165, 1.54) is 0 Å². The maximum Gasteiger partial charge on any atom is 0.339 e. The van der Waals surface area contributed by atoms with Crippen LogP contribution in [0.4, 0.5) is 0 Å². The molecule has 1 saturated heterocycles. The number of carbonyl (C=O) groups is 2. The molecule has 2 fully saturated rings. The summed E-state index contributed by atoms with van der Waals surface area (Å²) < 4.78 is 29.6. The van der Waals surface area contributed by atoms with E-state index in [9.17, 15) is 18.0 Å². The Bertz CT molecular complexity index is 1140. The molecule has 32 heavy (non-hydrogen) atoms. The summed E-state index contributed by atoms with van der Waals surface area (Å²) in [7, 11) is -3.12. The SMILES string of the molecule is CCc1nc2ccccc2c(C(=O)OCC(=O)N(C2CCCC2)C2CCS(=O)(=O)C2)c1C.